The SMILES string of the molecule is CC(C)NCC1CCCOC1c1cc(Cl)cs1. The molecular weight excluding hydrogens is 254 g/mol. The fourth-order valence-corrected chi connectivity index (χ4v) is 3.45. The maximum Gasteiger partial charge on any atom is 0.0957 e. The van der Waals surface area contributed by atoms with Crippen molar-refractivity contribution in [3.8, 4) is 0 Å². The standard InChI is InChI=1S/C13H20ClNOS/c1-9(2)15-7-10-4-3-5-16-13(10)12-6-11(14)8-17-12/h6,8-10,13,15H,3-5,7H2,1-2H3. The Labute approximate surface area is 112 Å². The van der Waals surface area contributed by atoms with E-state index in [1.807, 2.05) is 11.4 Å². The van der Waals surface area contributed by atoms with E-state index >= 15 is 0 Å². The quantitative estimate of drug-likeness (QED) is 0.899. The molecule has 0 aliphatic carbocycles. The third-order valence-corrected chi connectivity index (χ3v) is 4.44. The molecule has 0 saturated carbocycles. The summed E-state index contributed by atoms with van der Waals surface area (Å²) in [7, 11) is 0. The Kier molecular flexibility index (Phi) is 4.86. The topological polar surface area (TPSA) is 21.3 Å². The Balaban J connectivity index is 2.01. The van der Waals surface area contributed by atoms with E-state index in [2.05, 4.69) is 19.2 Å². The van der Waals surface area contributed by atoms with Gasteiger partial charge in [0.25, 0.3) is 0 Å². The van der Waals surface area contributed by atoms with Gasteiger partial charge in [-0.3, -0.25) is 0 Å². The summed E-state index contributed by atoms with van der Waals surface area (Å²) in [5.41, 5.74) is 0. The number of hydrogen-bond acceptors (Lipinski definition) is 3. The van der Waals surface area contributed by atoms with Crippen LogP contribution >= 0.6 is 22.9 Å². The number of hydrogen-bond donors (Lipinski definition) is 1. The van der Waals surface area contributed by atoms with Crippen LogP contribution in [0.3, 0.4) is 0 Å². The van der Waals surface area contributed by atoms with Gasteiger partial charge in [-0.1, -0.05) is 25.4 Å². The Morgan fingerprint density at radius 3 is 3.06 bits per heavy atom. The predicted octanol–water partition coefficient (Wildman–Crippen LogP) is 3.87. The molecule has 4 heteroatoms. The fourth-order valence-electron chi connectivity index (χ4n) is 2.23. The van der Waals surface area contributed by atoms with E-state index in [4.69, 9.17) is 16.3 Å². The van der Waals surface area contributed by atoms with Crippen molar-refractivity contribution < 1.29 is 4.74 Å². The van der Waals surface area contributed by atoms with E-state index in [0.29, 0.717) is 12.0 Å². The lowest BCUT2D eigenvalue weighted by Gasteiger charge is -2.31. The van der Waals surface area contributed by atoms with Crippen LogP contribution in [0.15, 0.2) is 11.4 Å². The van der Waals surface area contributed by atoms with Gasteiger partial charge in [-0.25, -0.2) is 0 Å². The van der Waals surface area contributed by atoms with Crippen molar-refractivity contribution in [2.24, 2.45) is 5.92 Å². The molecular formula is C13H20ClNOS. The Morgan fingerprint density at radius 2 is 2.41 bits per heavy atom. The Bertz CT molecular complexity index is 353. The summed E-state index contributed by atoms with van der Waals surface area (Å²) in [6.45, 7) is 6.26. The van der Waals surface area contributed by atoms with Crippen molar-refractivity contribution in [3.05, 3.63) is 21.3 Å². The average molecular weight is 274 g/mol. The molecule has 0 spiro atoms. The number of thiophene rings is 1. The molecule has 2 heterocycles. The fraction of sp³-hybridized carbons (Fsp3) is 0.692. The molecule has 1 aliphatic rings. The summed E-state index contributed by atoms with van der Waals surface area (Å²) >= 11 is 7.70. The molecule has 0 aromatic carbocycles. The molecule has 1 N–H and O–H groups in total. The van der Waals surface area contributed by atoms with Gasteiger partial charge in [0.1, 0.15) is 0 Å². The smallest absolute Gasteiger partial charge is 0.0957 e. The molecule has 2 rings (SSSR count). The van der Waals surface area contributed by atoms with Crippen molar-refractivity contribution in [2.75, 3.05) is 13.2 Å². The van der Waals surface area contributed by atoms with Crippen LogP contribution in [0.4, 0.5) is 0 Å². The van der Waals surface area contributed by atoms with Crippen molar-refractivity contribution in [1.29, 1.82) is 0 Å². The average Bonchev–Trinajstić information content (AvgIpc) is 2.73. The van der Waals surface area contributed by atoms with Gasteiger partial charge in [0.05, 0.1) is 11.1 Å². The molecule has 0 amide bonds. The minimum atomic E-state index is 0.229. The van der Waals surface area contributed by atoms with Gasteiger partial charge in [0.2, 0.25) is 0 Å². The van der Waals surface area contributed by atoms with Crippen LogP contribution in [-0.2, 0) is 4.74 Å². The van der Waals surface area contributed by atoms with Crippen LogP contribution in [-0.4, -0.2) is 19.2 Å². The van der Waals surface area contributed by atoms with Crippen molar-refractivity contribution >= 4 is 22.9 Å². The number of halogens is 1. The normalized spacial score (nSPS) is 25.4. The molecule has 0 radical (unpaired) electrons. The molecule has 1 aromatic rings. The lowest BCUT2D eigenvalue weighted by Crippen LogP contribution is -2.34. The van der Waals surface area contributed by atoms with Gasteiger partial charge >= 0.3 is 0 Å². The molecule has 0 bridgehead atoms. The first-order chi connectivity index (χ1) is 8.16. The molecule has 1 aliphatic heterocycles. The maximum absolute atomic E-state index is 5.99. The highest BCUT2D eigenvalue weighted by Gasteiger charge is 2.28. The van der Waals surface area contributed by atoms with Gasteiger partial charge in [0.15, 0.2) is 0 Å². The summed E-state index contributed by atoms with van der Waals surface area (Å²) in [6, 6.07) is 2.58. The van der Waals surface area contributed by atoms with E-state index in [0.717, 1.165) is 18.2 Å². The van der Waals surface area contributed by atoms with Crippen LogP contribution in [0, 0.1) is 5.92 Å². The first kappa shape index (κ1) is 13.3. The van der Waals surface area contributed by atoms with Crippen LogP contribution in [0.1, 0.15) is 37.7 Å². The van der Waals surface area contributed by atoms with Crippen LogP contribution < -0.4 is 5.32 Å². The Hall–Kier alpha value is -0.0900. The zero-order valence-corrected chi connectivity index (χ0v) is 12.0. The van der Waals surface area contributed by atoms with E-state index < -0.39 is 0 Å². The van der Waals surface area contributed by atoms with Gasteiger partial charge in [0, 0.05) is 35.4 Å². The first-order valence-electron chi connectivity index (χ1n) is 6.25. The van der Waals surface area contributed by atoms with Gasteiger partial charge in [-0.05, 0) is 18.9 Å². The molecule has 1 fully saturated rings. The zero-order valence-electron chi connectivity index (χ0n) is 10.4. The highest BCUT2D eigenvalue weighted by molar-refractivity contribution is 7.10. The van der Waals surface area contributed by atoms with E-state index in [9.17, 15) is 0 Å². The highest BCUT2D eigenvalue weighted by atomic mass is 35.5. The lowest BCUT2D eigenvalue weighted by molar-refractivity contribution is -0.0260. The summed E-state index contributed by atoms with van der Waals surface area (Å²) < 4.78 is 5.93. The number of rotatable bonds is 4. The predicted molar refractivity (Wildman–Crippen MR) is 73.9 cm³/mol. The molecule has 1 aromatic heterocycles. The molecule has 1 saturated heterocycles. The monoisotopic (exact) mass is 273 g/mol. The van der Waals surface area contributed by atoms with Crippen LogP contribution in [0.2, 0.25) is 5.02 Å². The maximum atomic E-state index is 5.99. The Morgan fingerprint density at radius 1 is 1.59 bits per heavy atom. The minimum absolute atomic E-state index is 0.229. The van der Waals surface area contributed by atoms with Crippen LogP contribution in [0.25, 0.3) is 0 Å². The second-order valence-corrected chi connectivity index (χ2v) is 6.30. The molecule has 2 unspecified atom stereocenters. The third kappa shape index (κ3) is 3.68. The van der Waals surface area contributed by atoms with Gasteiger partial charge < -0.3 is 10.1 Å². The minimum Gasteiger partial charge on any atom is -0.372 e. The van der Waals surface area contributed by atoms with Crippen molar-refractivity contribution in [2.45, 2.75) is 38.8 Å². The van der Waals surface area contributed by atoms with E-state index in [1.165, 1.54) is 17.7 Å². The summed E-state index contributed by atoms with van der Waals surface area (Å²) in [5, 5.41) is 6.33. The van der Waals surface area contributed by atoms with E-state index in [-0.39, 0.29) is 6.10 Å². The van der Waals surface area contributed by atoms with Gasteiger partial charge in [-0.2, -0.15) is 0 Å². The summed E-state index contributed by atoms with van der Waals surface area (Å²) in [4.78, 5) is 1.27. The zero-order chi connectivity index (χ0) is 12.3. The molecule has 17 heavy (non-hydrogen) atoms. The van der Waals surface area contributed by atoms with Crippen LogP contribution in [0.5, 0.6) is 0 Å². The van der Waals surface area contributed by atoms with E-state index in [1.54, 1.807) is 11.3 Å². The molecule has 2 atom stereocenters. The molecule has 96 valence electrons. The lowest BCUT2D eigenvalue weighted by atomic mass is 9.93. The third-order valence-electron chi connectivity index (χ3n) is 3.10. The van der Waals surface area contributed by atoms with Crippen molar-refractivity contribution in [3.63, 3.8) is 0 Å². The second-order valence-electron chi connectivity index (χ2n) is 4.92. The first-order valence-corrected chi connectivity index (χ1v) is 7.51. The second kappa shape index (κ2) is 6.19. The van der Waals surface area contributed by atoms with Crippen molar-refractivity contribution in [1.82, 2.24) is 5.32 Å². The summed E-state index contributed by atoms with van der Waals surface area (Å²) in [5.74, 6) is 0.570. The number of nitrogens with one attached hydrogen (secondary N) is 1. The summed E-state index contributed by atoms with van der Waals surface area (Å²) in [6.07, 6.45) is 2.63. The number of ether oxygens (including phenoxy) is 1. The van der Waals surface area contributed by atoms with Gasteiger partial charge in [-0.15, -0.1) is 11.3 Å². The highest BCUT2D eigenvalue weighted by Crippen LogP contribution is 2.37. The molecule has 2 nitrogen and oxygen atoms in total. The largest absolute Gasteiger partial charge is 0.372 e.